The Morgan fingerprint density at radius 1 is 0.706 bits per heavy atom. The van der Waals surface area contributed by atoms with Gasteiger partial charge in [-0.3, -0.25) is 0 Å². The molecule has 0 saturated heterocycles. The van der Waals surface area contributed by atoms with Gasteiger partial charge in [0.2, 0.25) is 0 Å². The van der Waals surface area contributed by atoms with Gasteiger partial charge < -0.3 is 10.8 Å². The standard InChI is InChI=1S/C12H27N.C2H6O.ClH/c1-2-3-4-5-6-7-8-9-10-11-12-13;1-2-3;/h2-13H2,1H3;3H,2H2,1H3;1H. The number of aliphatic hydroxyl groups is 1. The van der Waals surface area contributed by atoms with Crippen molar-refractivity contribution >= 4 is 12.4 Å². The van der Waals surface area contributed by atoms with Gasteiger partial charge in [0.05, 0.1) is 0 Å². The summed E-state index contributed by atoms with van der Waals surface area (Å²) in [6.45, 7) is 5.07. The first kappa shape index (κ1) is 22.4. The molecule has 3 N–H and O–H groups in total. The van der Waals surface area contributed by atoms with Crippen molar-refractivity contribution in [3.05, 3.63) is 0 Å². The van der Waals surface area contributed by atoms with Crippen molar-refractivity contribution in [2.75, 3.05) is 13.2 Å². The lowest BCUT2D eigenvalue weighted by Crippen LogP contribution is -1.97. The minimum atomic E-state index is 0. The Bertz CT molecular complexity index is 92.2. The first-order valence-corrected chi connectivity index (χ1v) is 7.14. The quantitative estimate of drug-likeness (QED) is 0.580. The van der Waals surface area contributed by atoms with Gasteiger partial charge >= 0.3 is 0 Å². The normalized spacial score (nSPS) is 9.18. The molecule has 0 aromatic rings. The Hall–Kier alpha value is 0.210. The number of aliphatic hydroxyl groups excluding tert-OH is 1. The molecule has 0 aliphatic carbocycles. The van der Waals surface area contributed by atoms with Crippen molar-refractivity contribution < 1.29 is 5.11 Å². The molecule has 0 saturated carbocycles. The molecule has 2 nitrogen and oxygen atoms in total. The fraction of sp³-hybridized carbons (Fsp3) is 1.00. The predicted octanol–water partition coefficient (Wildman–Crippen LogP) is 4.29. The van der Waals surface area contributed by atoms with Crippen LogP contribution in [0.1, 0.15) is 78.1 Å². The smallest absolute Gasteiger partial charge is 0.0402 e. The molecule has 0 amide bonds. The van der Waals surface area contributed by atoms with Crippen LogP contribution in [-0.2, 0) is 0 Å². The van der Waals surface area contributed by atoms with Gasteiger partial charge in [-0.1, -0.05) is 64.7 Å². The third-order valence-electron chi connectivity index (χ3n) is 2.56. The van der Waals surface area contributed by atoms with Crippen LogP contribution < -0.4 is 5.73 Å². The van der Waals surface area contributed by atoms with Gasteiger partial charge in [0.15, 0.2) is 0 Å². The second-order valence-electron chi connectivity index (χ2n) is 4.29. The van der Waals surface area contributed by atoms with Crippen LogP contribution in [0, 0.1) is 0 Å². The summed E-state index contributed by atoms with van der Waals surface area (Å²) in [4.78, 5) is 0. The van der Waals surface area contributed by atoms with E-state index in [9.17, 15) is 0 Å². The SMILES string of the molecule is CCCCCCCCCCCCN.CCO.Cl. The molecule has 0 spiro atoms. The molecule has 0 bridgehead atoms. The molecule has 0 fully saturated rings. The Morgan fingerprint density at radius 3 is 1.29 bits per heavy atom. The van der Waals surface area contributed by atoms with Gasteiger partial charge in [-0.25, -0.2) is 0 Å². The molecule has 108 valence electrons. The van der Waals surface area contributed by atoms with Crippen LogP contribution in [0.25, 0.3) is 0 Å². The zero-order valence-corrected chi connectivity index (χ0v) is 12.7. The molecule has 0 heterocycles. The highest BCUT2D eigenvalue weighted by Gasteiger charge is 1.91. The minimum Gasteiger partial charge on any atom is -0.397 e. The van der Waals surface area contributed by atoms with Crippen molar-refractivity contribution in [2.45, 2.75) is 78.1 Å². The lowest BCUT2D eigenvalue weighted by atomic mass is 10.1. The van der Waals surface area contributed by atoms with Crippen molar-refractivity contribution in [2.24, 2.45) is 5.73 Å². The fourth-order valence-corrected chi connectivity index (χ4v) is 1.63. The average molecular weight is 268 g/mol. The monoisotopic (exact) mass is 267 g/mol. The Labute approximate surface area is 115 Å². The number of rotatable bonds is 10. The van der Waals surface area contributed by atoms with Crippen LogP contribution in [0.3, 0.4) is 0 Å². The Morgan fingerprint density at radius 2 is 1.00 bits per heavy atom. The molecule has 3 heteroatoms. The van der Waals surface area contributed by atoms with Gasteiger partial charge in [-0.05, 0) is 19.9 Å². The minimum absolute atomic E-state index is 0. The third kappa shape index (κ3) is 31.4. The van der Waals surface area contributed by atoms with E-state index >= 15 is 0 Å². The lowest BCUT2D eigenvalue weighted by molar-refractivity contribution is 0.318. The molecule has 0 rings (SSSR count). The van der Waals surface area contributed by atoms with Gasteiger partial charge in [0.1, 0.15) is 0 Å². The maximum absolute atomic E-state index is 7.57. The van der Waals surface area contributed by atoms with E-state index < -0.39 is 0 Å². The summed E-state index contributed by atoms with van der Waals surface area (Å²) in [5.41, 5.74) is 5.42. The molecule has 0 atom stereocenters. The molecule has 0 aromatic carbocycles. The molecule has 0 aliphatic rings. The third-order valence-corrected chi connectivity index (χ3v) is 2.56. The van der Waals surface area contributed by atoms with Gasteiger partial charge in [-0.2, -0.15) is 0 Å². The molecule has 0 radical (unpaired) electrons. The largest absolute Gasteiger partial charge is 0.397 e. The van der Waals surface area contributed by atoms with E-state index in [1.807, 2.05) is 0 Å². The van der Waals surface area contributed by atoms with Crippen LogP contribution in [0.15, 0.2) is 0 Å². The van der Waals surface area contributed by atoms with Crippen molar-refractivity contribution in [3.63, 3.8) is 0 Å². The molecule has 0 aliphatic heterocycles. The van der Waals surface area contributed by atoms with Gasteiger partial charge in [0, 0.05) is 6.61 Å². The molecule has 0 unspecified atom stereocenters. The molecule has 0 aromatic heterocycles. The van der Waals surface area contributed by atoms with E-state index in [1.165, 1.54) is 64.2 Å². The Kier molecular flexibility index (Phi) is 33.1. The predicted molar refractivity (Wildman–Crippen MR) is 80.9 cm³/mol. The van der Waals surface area contributed by atoms with E-state index in [4.69, 9.17) is 10.8 Å². The van der Waals surface area contributed by atoms with E-state index in [1.54, 1.807) is 6.92 Å². The first-order valence-electron chi connectivity index (χ1n) is 7.14. The highest BCUT2D eigenvalue weighted by molar-refractivity contribution is 5.85. The first-order chi connectivity index (χ1) is 7.83. The summed E-state index contributed by atoms with van der Waals surface area (Å²) >= 11 is 0. The highest BCUT2D eigenvalue weighted by atomic mass is 35.5. The zero-order valence-electron chi connectivity index (χ0n) is 11.9. The van der Waals surface area contributed by atoms with Crippen LogP contribution >= 0.6 is 12.4 Å². The maximum Gasteiger partial charge on any atom is 0.0402 e. The number of halogens is 1. The van der Waals surface area contributed by atoms with Crippen molar-refractivity contribution in [1.82, 2.24) is 0 Å². The Balaban J connectivity index is -0.000000440. The number of unbranched alkanes of at least 4 members (excludes halogenated alkanes) is 9. The average Bonchev–Trinajstić information content (AvgIpc) is 2.28. The number of hydrogen-bond acceptors (Lipinski definition) is 2. The molecule has 17 heavy (non-hydrogen) atoms. The summed E-state index contributed by atoms with van der Waals surface area (Å²) < 4.78 is 0. The van der Waals surface area contributed by atoms with Crippen LogP contribution in [0.5, 0.6) is 0 Å². The maximum atomic E-state index is 7.57. The summed E-state index contributed by atoms with van der Waals surface area (Å²) in [5, 5.41) is 7.57. The van der Waals surface area contributed by atoms with Crippen molar-refractivity contribution in [1.29, 1.82) is 0 Å². The summed E-state index contributed by atoms with van der Waals surface area (Å²) in [6, 6.07) is 0. The zero-order chi connectivity index (χ0) is 12.5. The van der Waals surface area contributed by atoms with Crippen molar-refractivity contribution in [3.8, 4) is 0 Å². The lowest BCUT2D eigenvalue weighted by Gasteiger charge is -2.00. The van der Waals surface area contributed by atoms with Crippen LogP contribution in [0.4, 0.5) is 0 Å². The molecular formula is C14H34ClNO. The van der Waals surface area contributed by atoms with Gasteiger partial charge in [-0.15, -0.1) is 12.4 Å². The molecular weight excluding hydrogens is 234 g/mol. The second kappa shape index (κ2) is 25.2. The van der Waals surface area contributed by atoms with Gasteiger partial charge in [0.25, 0.3) is 0 Å². The number of nitrogens with two attached hydrogens (primary N) is 1. The van der Waals surface area contributed by atoms with E-state index in [0.717, 1.165) is 6.54 Å². The van der Waals surface area contributed by atoms with Crippen LogP contribution in [0.2, 0.25) is 0 Å². The highest BCUT2D eigenvalue weighted by Crippen LogP contribution is 2.09. The second-order valence-corrected chi connectivity index (χ2v) is 4.29. The summed E-state index contributed by atoms with van der Waals surface area (Å²) in [6.07, 6.45) is 13.9. The summed E-state index contributed by atoms with van der Waals surface area (Å²) in [7, 11) is 0. The topological polar surface area (TPSA) is 46.2 Å². The summed E-state index contributed by atoms with van der Waals surface area (Å²) in [5.74, 6) is 0. The fourth-order valence-electron chi connectivity index (χ4n) is 1.63. The van der Waals surface area contributed by atoms with Crippen LogP contribution in [-0.4, -0.2) is 18.3 Å². The van der Waals surface area contributed by atoms with E-state index in [0.29, 0.717) is 0 Å². The van der Waals surface area contributed by atoms with E-state index in [-0.39, 0.29) is 19.0 Å². The number of hydrogen-bond donors (Lipinski definition) is 2. The van der Waals surface area contributed by atoms with E-state index in [2.05, 4.69) is 6.92 Å².